The smallest absolute Gasteiger partial charge is 0.260 e. The van der Waals surface area contributed by atoms with Crippen LogP contribution in [-0.2, 0) is 9.59 Å². The molecule has 0 N–H and O–H groups in total. The van der Waals surface area contributed by atoms with Crippen molar-refractivity contribution in [2.24, 2.45) is 5.92 Å². The summed E-state index contributed by atoms with van der Waals surface area (Å²) in [6.07, 6.45) is 6.22. The molecule has 2 amide bonds. The highest BCUT2D eigenvalue weighted by Crippen LogP contribution is 2.23. The maximum atomic E-state index is 12.8. The molecule has 2 aliphatic heterocycles. The molecule has 4 rings (SSSR count). The predicted octanol–water partition coefficient (Wildman–Crippen LogP) is 3.86. The van der Waals surface area contributed by atoms with Gasteiger partial charge in [0.15, 0.2) is 6.61 Å². The lowest BCUT2D eigenvalue weighted by atomic mass is 9.95. The highest BCUT2D eigenvalue weighted by atomic mass is 16.5. The Morgan fingerprint density at radius 2 is 1.52 bits per heavy atom. The monoisotopic (exact) mass is 394 g/mol. The van der Waals surface area contributed by atoms with Gasteiger partial charge in [-0.2, -0.15) is 0 Å². The second-order valence-corrected chi connectivity index (χ2v) is 8.19. The van der Waals surface area contributed by atoms with Gasteiger partial charge >= 0.3 is 0 Å². The first-order valence-electron chi connectivity index (χ1n) is 10.9. The average Bonchev–Trinajstić information content (AvgIpc) is 3.06. The molecule has 0 unspecified atom stereocenters. The summed E-state index contributed by atoms with van der Waals surface area (Å²) < 4.78 is 5.75. The molecule has 29 heavy (non-hydrogen) atoms. The number of carbonyl (C=O) groups excluding carboxylic acids is 2. The fraction of sp³-hybridized carbons (Fsp3) is 0.500. The molecule has 0 atom stereocenters. The molecule has 2 aliphatic rings. The number of piperidine rings is 1. The maximum Gasteiger partial charge on any atom is 0.260 e. The summed E-state index contributed by atoms with van der Waals surface area (Å²) in [4.78, 5) is 29.3. The topological polar surface area (TPSA) is 49.9 Å². The minimum atomic E-state index is -0.00108. The summed E-state index contributed by atoms with van der Waals surface area (Å²) in [5.41, 5.74) is 0. The maximum absolute atomic E-state index is 12.8. The van der Waals surface area contributed by atoms with Crippen LogP contribution in [0.25, 0.3) is 10.8 Å². The van der Waals surface area contributed by atoms with Crippen molar-refractivity contribution < 1.29 is 14.3 Å². The van der Waals surface area contributed by atoms with Crippen molar-refractivity contribution in [1.82, 2.24) is 9.80 Å². The number of likely N-dealkylation sites (tertiary alicyclic amines) is 2. The summed E-state index contributed by atoms with van der Waals surface area (Å²) >= 11 is 0. The van der Waals surface area contributed by atoms with E-state index in [1.807, 2.05) is 41.3 Å². The molecule has 2 aromatic carbocycles. The first kappa shape index (κ1) is 19.7. The van der Waals surface area contributed by atoms with Crippen molar-refractivity contribution in [3.8, 4) is 5.75 Å². The van der Waals surface area contributed by atoms with Gasteiger partial charge < -0.3 is 14.5 Å². The fourth-order valence-electron chi connectivity index (χ4n) is 4.42. The number of fused-ring (bicyclic) bond motifs is 1. The molecule has 0 aliphatic carbocycles. The number of amides is 2. The molecule has 154 valence electrons. The minimum absolute atomic E-state index is 0.00108. The zero-order valence-electron chi connectivity index (χ0n) is 17.0. The van der Waals surface area contributed by atoms with Crippen molar-refractivity contribution in [1.29, 1.82) is 0 Å². The van der Waals surface area contributed by atoms with Crippen LogP contribution in [0.15, 0.2) is 42.5 Å². The molecule has 5 nitrogen and oxygen atoms in total. The zero-order chi connectivity index (χ0) is 20.1. The van der Waals surface area contributed by atoms with Gasteiger partial charge in [0.25, 0.3) is 5.91 Å². The van der Waals surface area contributed by atoms with Crippen LogP contribution >= 0.6 is 0 Å². The van der Waals surface area contributed by atoms with Gasteiger partial charge in [-0.3, -0.25) is 9.59 Å². The summed E-state index contributed by atoms with van der Waals surface area (Å²) in [5, 5.41) is 2.26. The van der Waals surface area contributed by atoms with Gasteiger partial charge in [-0.05, 0) is 48.6 Å². The Morgan fingerprint density at radius 3 is 2.24 bits per heavy atom. The molecule has 5 heteroatoms. The van der Waals surface area contributed by atoms with Crippen LogP contribution in [-0.4, -0.2) is 54.4 Å². The fourth-order valence-corrected chi connectivity index (χ4v) is 4.42. The lowest BCUT2D eigenvalue weighted by Gasteiger charge is -2.34. The zero-order valence-corrected chi connectivity index (χ0v) is 17.0. The number of ether oxygens (including phenoxy) is 1. The Hall–Kier alpha value is -2.56. The number of nitrogens with zero attached hydrogens (tertiary/aromatic N) is 2. The largest absolute Gasteiger partial charge is 0.484 e. The molecule has 2 fully saturated rings. The van der Waals surface area contributed by atoms with Gasteiger partial charge in [0.1, 0.15) is 5.75 Å². The van der Waals surface area contributed by atoms with Gasteiger partial charge in [0.05, 0.1) is 0 Å². The number of benzene rings is 2. The Morgan fingerprint density at radius 1 is 0.828 bits per heavy atom. The molecule has 0 saturated carbocycles. The van der Waals surface area contributed by atoms with E-state index in [-0.39, 0.29) is 18.4 Å². The van der Waals surface area contributed by atoms with Gasteiger partial charge in [-0.25, -0.2) is 0 Å². The van der Waals surface area contributed by atoms with Gasteiger partial charge in [0.2, 0.25) is 5.91 Å². The first-order chi connectivity index (χ1) is 14.2. The van der Waals surface area contributed by atoms with Gasteiger partial charge in [0, 0.05) is 32.1 Å². The van der Waals surface area contributed by atoms with Crippen LogP contribution in [0.3, 0.4) is 0 Å². The number of hydrogen-bond acceptors (Lipinski definition) is 3. The lowest BCUT2D eigenvalue weighted by molar-refractivity contribution is -0.141. The summed E-state index contributed by atoms with van der Waals surface area (Å²) in [6, 6.07) is 14.0. The minimum Gasteiger partial charge on any atom is -0.484 e. The molecule has 2 heterocycles. The van der Waals surface area contributed by atoms with Crippen molar-refractivity contribution in [2.45, 2.75) is 38.5 Å². The lowest BCUT2D eigenvalue weighted by Crippen LogP contribution is -2.45. The number of hydrogen-bond donors (Lipinski definition) is 0. The van der Waals surface area contributed by atoms with E-state index in [0.29, 0.717) is 24.7 Å². The van der Waals surface area contributed by atoms with Crippen LogP contribution in [0, 0.1) is 5.92 Å². The van der Waals surface area contributed by atoms with E-state index in [1.54, 1.807) is 0 Å². The first-order valence-corrected chi connectivity index (χ1v) is 10.9. The van der Waals surface area contributed by atoms with E-state index in [4.69, 9.17) is 4.74 Å². The molecule has 2 saturated heterocycles. The Labute approximate surface area is 172 Å². The van der Waals surface area contributed by atoms with Crippen LogP contribution in [0.5, 0.6) is 5.75 Å². The number of carbonyl (C=O) groups is 2. The standard InChI is InChI=1S/C24H30N2O3/c27-23(18-29-22-10-9-19-7-3-4-8-21(19)17-22)25-15-11-20(12-16-25)24(28)26-13-5-1-2-6-14-26/h3-4,7-10,17,20H,1-2,5-6,11-16,18H2. The van der Waals surface area contributed by atoms with Crippen LogP contribution in [0.4, 0.5) is 0 Å². The molecule has 2 aromatic rings. The summed E-state index contributed by atoms with van der Waals surface area (Å²) in [7, 11) is 0. The van der Waals surface area contributed by atoms with Crippen molar-refractivity contribution in [2.75, 3.05) is 32.8 Å². The van der Waals surface area contributed by atoms with Crippen molar-refractivity contribution in [3.63, 3.8) is 0 Å². The van der Waals surface area contributed by atoms with Gasteiger partial charge in [-0.1, -0.05) is 43.2 Å². The third kappa shape index (κ3) is 4.89. The van der Waals surface area contributed by atoms with E-state index in [9.17, 15) is 9.59 Å². The van der Waals surface area contributed by atoms with E-state index in [1.165, 1.54) is 12.8 Å². The van der Waals surface area contributed by atoms with Crippen LogP contribution < -0.4 is 4.74 Å². The predicted molar refractivity (Wildman–Crippen MR) is 114 cm³/mol. The van der Waals surface area contributed by atoms with Crippen LogP contribution in [0.2, 0.25) is 0 Å². The molecule has 0 spiro atoms. The van der Waals surface area contributed by atoms with E-state index >= 15 is 0 Å². The van der Waals surface area contributed by atoms with E-state index in [2.05, 4.69) is 11.0 Å². The molecule has 0 bridgehead atoms. The third-order valence-electron chi connectivity index (χ3n) is 6.20. The average molecular weight is 395 g/mol. The summed E-state index contributed by atoms with van der Waals surface area (Å²) in [5.74, 6) is 1.08. The molecular formula is C24H30N2O3. The highest BCUT2D eigenvalue weighted by molar-refractivity contribution is 5.84. The van der Waals surface area contributed by atoms with E-state index < -0.39 is 0 Å². The van der Waals surface area contributed by atoms with E-state index in [0.717, 1.165) is 49.5 Å². The Balaban J connectivity index is 1.25. The van der Waals surface area contributed by atoms with Crippen molar-refractivity contribution in [3.05, 3.63) is 42.5 Å². The third-order valence-corrected chi connectivity index (χ3v) is 6.20. The molecular weight excluding hydrogens is 364 g/mol. The number of rotatable bonds is 4. The Bertz CT molecular complexity index is 850. The van der Waals surface area contributed by atoms with Crippen molar-refractivity contribution >= 4 is 22.6 Å². The van der Waals surface area contributed by atoms with Gasteiger partial charge in [-0.15, -0.1) is 0 Å². The molecule has 0 radical (unpaired) electrons. The summed E-state index contributed by atoms with van der Waals surface area (Å²) in [6.45, 7) is 3.13. The van der Waals surface area contributed by atoms with Crippen LogP contribution in [0.1, 0.15) is 38.5 Å². The second-order valence-electron chi connectivity index (χ2n) is 8.19. The normalized spacial score (nSPS) is 18.5. The Kier molecular flexibility index (Phi) is 6.33. The second kappa shape index (κ2) is 9.29. The molecule has 0 aromatic heterocycles. The SMILES string of the molecule is O=C(COc1ccc2ccccc2c1)N1CCC(C(=O)N2CCCCCC2)CC1. The highest BCUT2D eigenvalue weighted by Gasteiger charge is 2.30. The quantitative estimate of drug-likeness (QED) is 0.791.